The molecule has 0 nitrogen and oxygen atoms in total. The Kier molecular flexibility index (Phi) is 2.02. The lowest BCUT2D eigenvalue weighted by atomic mass is 9.93. The van der Waals surface area contributed by atoms with Gasteiger partial charge >= 0.3 is 0 Å². The summed E-state index contributed by atoms with van der Waals surface area (Å²) in [6.45, 7) is 2.23. The van der Waals surface area contributed by atoms with Gasteiger partial charge in [0.25, 0.3) is 0 Å². The quantitative estimate of drug-likeness (QED) is 0.489. The van der Waals surface area contributed by atoms with Crippen molar-refractivity contribution in [1.82, 2.24) is 0 Å². The summed E-state index contributed by atoms with van der Waals surface area (Å²) in [5, 5.41) is 5.71. The lowest BCUT2D eigenvalue weighted by Crippen LogP contribution is -1.88. The second-order valence-corrected chi connectivity index (χ2v) is 5.39. The predicted octanol–water partition coefficient (Wildman–Crippen LogP) is 4.79. The molecule has 0 bridgehead atoms. The van der Waals surface area contributed by atoms with Crippen molar-refractivity contribution in [1.29, 1.82) is 0 Å². The van der Waals surface area contributed by atoms with Gasteiger partial charge in [0.15, 0.2) is 0 Å². The molecule has 0 spiro atoms. The third-order valence-electron chi connectivity index (χ3n) is 4.33. The molecule has 88 valence electrons. The Hall–Kier alpha value is -1.82. The fraction of sp³-hybridized carbons (Fsp3) is 0.222. The van der Waals surface area contributed by atoms with Crippen LogP contribution in [0.3, 0.4) is 0 Å². The molecule has 18 heavy (non-hydrogen) atoms. The van der Waals surface area contributed by atoms with Crippen molar-refractivity contribution >= 4 is 21.5 Å². The van der Waals surface area contributed by atoms with Gasteiger partial charge in [0.1, 0.15) is 0 Å². The van der Waals surface area contributed by atoms with Gasteiger partial charge in [-0.1, -0.05) is 42.5 Å². The molecule has 0 saturated heterocycles. The SMILES string of the molecule is Cc1cc2c3c(ccc2c2ccccc12)CCC3. The Morgan fingerprint density at radius 2 is 1.56 bits per heavy atom. The highest BCUT2D eigenvalue weighted by Crippen LogP contribution is 2.35. The molecule has 0 aliphatic heterocycles. The molecule has 3 aromatic rings. The number of aryl methyl sites for hydroxylation is 3. The van der Waals surface area contributed by atoms with Crippen LogP contribution in [0, 0.1) is 6.92 Å². The zero-order chi connectivity index (χ0) is 12.1. The standard InChI is InChI=1S/C18H16/c1-12-11-18-15-8-4-5-13(15)9-10-17(18)16-7-3-2-6-14(12)16/h2-3,6-7,9-11H,4-5,8H2,1H3. The van der Waals surface area contributed by atoms with Gasteiger partial charge in [-0.05, 0) is 64.4 Å². The molecule has 0 aromatic heterocycles. The highest BCUT2D eigenvalue weighted by atomic mass is 14.2. The van der Waals surface area contributed by atoms with E-state index in [-0.39, 0.29) is 0 Å². The Bertz CT molecular complexity index is 766. The molecule has 0 N–H and O–H groups in total. The highest BCUT2D eigenvalue weighted by Gasteiger charge is 2.15. The molecule has 4 rings (SSSR count). The summed E-state index contributed by atoms with van der Waals surface area (Å²) < 4.78 is 0. The van der Waals surface area contributed by atoms with E-state index in [0.29, 0.717) is 0 Å². The van der Waals surface area contributed by atoms with E-state index < -0.39 is 0 Å². The van der Waals surface area contributed by atoms with Gasteiger partial charge in [0, 0.05) is 0 Å². The van der Waals surface area contributed by atoms with Crippen molar-refractivity contribution in [3.8, 4) is 0 Å². The Balaban J connectivity index is 2.25. The molecule has 0 amide bonds. The van der Waals surface area contributed by atoms with Crippen LogP contribution in [-0.2, 0) is 12.8 Å². The second kappa shape index (κ2) is 3.58. The maximum Gasteiger partial charge on any atom is -0.0102 e. The number of benzene rings is 3. The average Bonchev–Trinajstić information content (AvgIpc) is 2.88. The molecule has 0 fully saturated rings. The molecule has 0 heteroatoms. The third-order valence-corrected chi connectivity index (χ3v) is 4.33. The number of fused-ring (bicyclic) bond motifs is 5. The molecule has 0 heterocycles. The van der Waals surface area contributed by atoms with E-state index in [2.05, 4.69) is 49.4 Å². The predicted molar refractivity (Wildman–Crippen MR) is 78.2 cm³/mol. The zero-order valence-corrected chi connectivity index (χ0v) is 10.7. The van der Waals surface area contributed by atoms with Crippen molar-refractivity contribution in [2.24, 2.45) is 0 Å². The fourth-order valence-corrected chi connectivity index (χ4v) is 3.45. The van der Waals surface area contributed by atoms with Crippen LogP contribution in [0.2, 0.25) is 0 Å². The normalized spacial score (nSPS) is 14.3. The molecular weight excluding hydrogens is 216 g/mol. The summed E-state index contributed by atoms with van der Waals surface area (Å²) in [6, 6.07) is 15.8. The monoisotopic (exact) mass is 232 g/mol. The lowest BCUT2D eigenvalue weighted by Gasteiger charge is -2.11. The minimum Gasteiger partial charge on any atom is -0.0616 e. The van der Waals surface area contributed by atoms with Crippen LogP contribution in [-0.4, -0.2) is 0 Å². The van der Waals surface area contributed by atoms with Crippen LogP contribution in [0.5, 0.6) is 0 Å². The molecule has 1 aliphatic rings. The number of hydrogen-bond acceptors (Lipinski definition) is 0. The maximum atomic E-state index is 2.39. The van der Waals surface area contributed by atoms with Crippen molar-refractivity contribution in [2.75, 3.05) is 0 Å². The van der Waals surface area contributed by atoms with Crippen LogP contribution in [0.25, 0.3) is 21.5 Å². The van der Waals surface area contributed by atoms with E-state index in [1.807, 2.05) is 0 Å². The van der Waals surface area contributed by atoms with E-state index in [1.165, 1.54) is 46.4 Å². The molecule has 0 saturated carbocycles. The van der Waals surface area contributed by atoms with E-state index in [9.17, 15) is 0 Å². The topological polar surface area (TPSA) is 0 Å². The Labute approximate surface area is 107 Å². The van der Waals surface area contributed by atoms with Gasteiger partial charge in [0.2, 0.25) is 0 Å². The maximum absolute atomic E-state index is 2.39. The lowest BCUT2D eigenvalue weighted by molar-refractivity contribution is 0.913. The van der Waals surface area contributed by atoms with E-state index >= 15 is 0 Å². The Morgan fingerprint density at radius 1 is 0.778 bits per heavy atom. The number of rotatable bonds is 0. The summed E-state index contributed by atoms with van der Waals surface area (Å²) in [4.78, 5) is 0. The third kappa shape index (κ3) is 1.26. The van der Waals surface area contributed by atoms with E-state index in [4.69, 9.17) is 0 Å². The van der Waals surface area contributed by atoms with Crippen LogP contribution < -0.4 is 0 Å². The van der Waals surface area contributed by atoms with E-state index in [0.717, 1.165) is 0 Å². The minimum absolute atomic E-state index is 1.25. The molecule has 0 radical (unpaired) electrons. The minimum atomic E-state index is 1.25. The van der Waals surface area contributed by atoms with Crippen molar-refractivity contribution < 1.29 is 0 Å². The summed E-state index contributed by atoms with van der Waals surface area (Å²) in [5.74, 6) is 0. The first-order valence-corrected chi connectivity index (χ1v) is 6.77. The molecule has 1 aliphatic carbocycles. The second-order valence-electron chi connectivity index (χ2n) is 5.39. The van der Waals surface area contributed by atoms with E-state index in [1.54, 1.807) is 11.1 Å². The van der Waals surface area contributed by atoms with Gasteiger partial charge in [-0.15, -0.1) is 0 Å². The van der Waals surface area contributed by atoms with Crippen LogP contribution in [0.15, 0.2) is 42.5 Å². The van der Waals surface area contributed by atoms with Gasteiger partial charge in [0.05, 0.1) is 0 Å². The van der Waals surface area contributed by atoms with Crippen molar-refractivity contribution in [3.63, 3.8) is 0 Å². The fourth-order valence-electron chi connectivity index (χ4n) is 3.45. The molecule has 3 aromatic carbocycles. The van der Waals surface area contributed by atoms with Crippen LogP contribution >= 0.6 is 0 Å². The van der Waals surface area contributed by atoms with Gasteiger partial charge in [-0.2, -0.15) is 0 Å². The van der Waals surface area contributed by atoms with Crippen LogP contribution in [0.4, 0.5) is 0 Å². The zero-order valence-electron chi connectivity index (χ0n) is 10.7. The summed E-state index contributed by atoms with van der Waals surface area (Å²) in [5.41, 5.74) is 4.57. The summed E-state index contributed by atoms with van der Waals surface area (Å²) in [6.07, 6.45) is 3.84. The number of hydrogen-bond donors (Lipinski definition) is 0. The largest absolute Gasteiger partial charge is 0.0616 e. The first-order valence-electron chi connectivity index (χ1n) is 6.77. The highest BCUT2D eigenvalue weighted by molar-refractivity contribution is 6.10. The average molecular weight is 232 g/mol. The summed E-state index contributed by atoms with van der Waals surface area (Å²) in [7, 11) is 0. The molecule has 0 atom stereocenters. The molecular formula is C18H16. The first kappa shape index (κ1) is 10.1. The first-order chi connectivity index (χ1) is 8.84. The van der Waals surface area contributed by atoms with Crippen LogP contribution in [0.1, 0.15) is 23.1 Å². The smallest absolute Gasteiger partial charge is 0.0102 e. The van der Waals surface area contributed by atoms with Crippen molar-refractivity contribution in [3.05, 3.63) is 59.2 Å². The van der Waals surface area contributed by atoms with Gasteiger partial charge in [-0.25, -0.2) is 0 Å². The van der Waals surface area contributed by atoms with Gasteiger partial charge < -0.3 is 0 Å². The van der Waals surface area contributed by atoms with Crippen molar-refractivity contribution in [2.45, 2.75) is 26.2 Å². The molecule has 0 unspecified atom stereocenters. The Morgan fingerprint density at radius 3 is 2.44 bits per heavy atom. The van der Waals surface area contributed by atoms with Gasteiger partial charge in [-0.3, -0.25) is 0 Å². The summed E-state index contributed by atoms with van der Waals surface area (Å²) >= 11 is 0.